The normalized spacial score (nSPS) is 11.1. The molecule has 3 rings (SSSR count). The third kappa shape index (κ3) is 4.17. The molecule has 24 heavy (non-hydrogen) atoms. The van der Waals surface area contributed by atoms with Gasteiger partial charge in [0.2, 0.25) is 5.89 Å². The maximum absolute atomic E-state index is 11.8. The fourth-order valence-corrected chi connectivity index (χ4v) is 2.77. The highest BCUT2D eigenvalue weighted by atomic mass is 32.1. The van der Waals surface area contributed by atoms with Gasteiger partial charge in [-0.1, -0.05) is 29.4 Å². The number of hydrogen-bond donors (Lipinski definition) is 1. The van der Waals surface area contributed by atoms with Crippen molar-refractivity contribution in [3.8, 4) is 0 Å². The van der Waals surface area contributed by atoms with Crippen LogP contribution in [0, 0.1) is 13.8 Å². The summed E-state index contributed by atoms with van der Waals surface area (Å²) in [5.74, 6) is 0.167. The summed E-state index contributed by atoms with van der Waals surface area (Å²) in [7, 11) is 0. The number of nitrogens with one attached hydrogen (secondary N) is 1. The van der Waals surface area contributed by atoms with Crippen molar-refractivity contribution in [1.29, 1.82) is 0 Å². The van der Waals surface area contributed by atoms with Gasteiger partial charge in [-0.3, -0.25) is 10.1 Å². The first-order chi connectivity index (χ1) is 11.6. The molecular formula is C18H17N3O2S. The molecule has 0 saturated carbocycles. The van der Waals surface area contributed by atoms with E-state index in [0.29, 0.717) is 12.3 Å². The zero-order chi connectivity index (χ0) is 16.9. The average molecular weight is 339 g/mol. The van der Waals surface area contributed by atoms with Gasteiger partial charge in [0.1, 0.15) is 0 Å². The van der Waals surface area contributed by atoms with Crippen LogP contribution in [0.5, 0.6) is 0 Å². The van der Waals surface area contributed by atoms with E-state index in [9.17, 15) is 4.79 Å². The lowest BCUT2D eigenvalue weighted by Crippen LogP contribution is -2.07. The number of anilines is 1. The number of benzene rings is 1. The van der Waals surface area contributed by atoms with E-state index in [2.05, 4.69) is 41.5 Å². The maximum Gasteiger partial charge on any atom is 0.322 e. The molecule has 1 aromatic carbocycles. The molecule has 1 N–H and O–H groups in total. The van der Waals surface area contributed by atoms with Crippen LogP contribution in [0.2, 0.25) is 0 Å². The van der Waals surface area contributed by atoms with Crippen LogP contribution in [0.4, 0.5) is 6.01 Å². The lowest BCUT2D eigenvalue weighted by molar-refractivity contribution is -0.112. The fourth-order valence-electron chi connectivity index (χ4n) is 2.15. The van der Waals surface area contributed by atoms with Crippen molar-refractivity contribution < 1.29 is 9.21 Å². The van der Waals surface area contributed by atoms with Gasteiger partial charge in [-0.15, -0.1) is 16.4 Å². The Morgan fingerprint density at radius 2 is 2.12 bits per heavy atom. The van der Waals surface area contributed by atoms with Crippen LogP contribution in [0.3, 0.4) is 0 Å². The SMILES string of the molecule is Cc1ccc(Cc2nnc(NC(=O)C=Cc3cccs3)o2)cc1C. The highest BCUT2D eigenvalue weighted by Gasteiger charge is 2.09. The Morgan fingerprint density at radius 1 is 1.25 bits per heavy atom. The number of aromatic nitrogens is 2. The van der Waals surface area contributed by atoms with Crippen LogP contribution in [-0.4, -0.2) is 16.1 Å². The number of amides is 1. The van der Waals surface area contributed by atoms with Gasteiger partial charge < -0.3 is 4.42 Å². The van der Waals surface area contributed by atoms with Crippen molar-refractivity contribution in [2.24, 2.45) is 0 Å². The Hall–Kier alpha value is -2.73. The summed E-state index contributed by atoms with van der Waals surface area (Å²) in [6, 6.07) is 10.2. The number of hydrogen-bond acceptors (Lipinski definition) is 5. The smallest absolute Gasteiger partial charge is 0.322 e. The molecule has 0 aliphatic rings. The van der Waals surface area contributed by atoms with Crippen LogP contribution < -0.4 is 5.32 Å². The van der Waals surface area contributed by atoms with Gasteiger partial charge in [-0.25, -0.2) is 0 Å². The highest BCUT2D eigenvalue weighted by molar-refractivity contribution is 7.10. The zero-order valence-electron chi connectivity index (χ0n) is 13.4. The van der Waals surface area contributed by atoms with Gasteiger partial charge in [0, 0.05) is 11.0 Å². The van der Waals surface area contributed by atoms with E-state index in [1.165, 1.54) is 17.2 Å². The molecule has 0 bridgehead atoms. The first-order valence-corrected chi connectivity index (χ1v) is 8.39. The highest BCUT2D eigenvalue weighted by Crippen LogP contribution is 2.15. The second kappa shape index (κ2) is 7.23. The summed E-state index contributed by atoms with van der Waals surface area (Å²) in [4.78, 5) is 12.8. The van der Waals surface area contributed by atoms with Crippen LogP contribution in [-0.2, 0) is 11.2 Å². The van der Waals surface area contributed by atoms with Crippen LogP contribution in [0.15, 0.2) is 46.2 Å². The van der Waals surface area contributed by atoms with Gasteiger partial charge >= 0.3 is 6.01 Å². The third-order valence-corrected chi connectivity index (χ3v) is 4.40. The minimum atomic E-state index is -0.301. The van der Waals surface area contributed by atoms with E-state index in [1.807, 2.05) is 23.6 Å². The minimum absolute atomic E-state index is 0.106. The Bertz CT molecular complexity index is 866. The first kappa shape index (κ1) is 16.1. The van der Waals surface area contributed by atoms with Crippen molar-refractivity contribution >= 4 is 29.3 Å². The standard InChI is InChI=1S/C18H17N3O2S/c1-12-5-6-14(10-13(12)2)11-17-20-21-18(23-17)19-16(22)8-7-15-4-3-9-24-15/h3-10H,11H2,1-2H3,(H,19,21,22). The number of carbonyl (C=O) groups is 1. The Balaban J connectivity index is 1.60. The molecule has 0 unspecified atom stereocenters. The maximum atomic E-state index is 11.8. The third-order valence-electron chi connectivity index (χ3n) is 3.57. The van der Waals surface area contributed by atoms with Gasteiger partial charge in [-0.2, -0.15) is 0 Å². The van der Waals surface area contributed by atoms with Crippen LogP contribution in [0.1, 0.15) is 27.5 Å². The second-order valence-electron chi connectivity index (χ2n) is 5.43. The monoisotopic (exact) mass is 339 g/mol. The fraction of sp³-hybridized carbons (Fsp3) is 0.167. The molecular weight excluding hydrogens is 322 g/mol. The topological polar surface area (TPSA) is 68.0 Å². The summed E-state index contributed by atoms with van der Waals surface area (Å²) in [6.45, 7) is 4.14. The molecule has 6 heteroatoms. The zero-order valence-corrected chi connectivity index (χ0v) is 14.3. The second-order valence-corrected chi connectivity index (χ2v) is 6.41. The molecule has 1 amide bonds. The molecule has 0 fully saturated rings. The number of nitrogens with zero attached hydrogens (tertiary/aromatic N) is 2. The van der Waals surface area contributed by atoms with E-state index in [1.54, 1.807) is 17.4 Å². The van der Waals surface area contributed by atoms with E-state index >= 15 is 0 Å². The molecule has 0 aliphatic carbocycles. The Morgan fingerprint density at radius 3 is 2.88 bits per heavy atom. The molecule has 3 aromatic rings. The minimum Gasteiger partial charge on any atom is -0.407 e. The molecule has 2 aromatic heterocycles. The lowest BCUT2D eigenvalue weighted by atomic mass is 10.0. The molecule has 0 atom stereocenters. The number of thiophene rings is 1. The number of aryl methyl sites for hydroxylation is 2. The van der Waals surface area contributed by atoms with E-state index in [4.69, 9.17) is 4.42 Å². The molecule has 5 nitrogen and oxygen atoms in total. The summed E-state index contributed by atoms with van der Waals surface area (Å²) in [5.41, 5.74) is 3.56. The molecule has 0 aliphatic heterocycles. The summed E-state index contributed by atoms with van der Waals surface area (Å²) in [6.07, 6.45) is 3.72. The summed E-state index contributed by atoms with van der Waals surface area (Å²) >= 11 is 1.56. The van der Waals surface area contributed by atoms with Crippen LogP contribution in [0.25, 0.3) is 6.08 Å². The molecule has 0 spiro atoms. The summed E-state index contributed by atoms with van der Waals surface area (Å²) < 4.78 is 5.48. The van der Waals surface area contributed by atoms with E-state index < -0.39 is 0 Å². The predicted octanol–water partition coefficient (Wildman–Crippen LogP) is 3.99. The number of rotatable bonds is 5. The van der Waals surface area contributed by atoms with E-state index in [0.717, 1.165) is 10.4 Å². The van der Waals surface area contributed by atoms with Crippen LogP contribution >= 0.6 is 11.3 Å². The molecule has 0 radical (unpaired) electrons. The molecule has 0 saturated heterocycles. The Kier molecular flexibility index (Phi) is 4.86. The van der Waals surface area contributed by atoms with Crippen molar-refractivity contribution in [1.82, 2.24) is 10.2 Å². The van der Waals surface area contributed by atoms with Crippen molar-refractivity contribution in [2.75, 3.05) is 5.32 Å². The van der Waals surface area contributed by atoms with Gasteiger partial charge in [-0.05, 0) is 48.1 Å². The van der Waals surface area contributed by atoms with Gasteiger partial charge in [0.05, 0.1) is 6.42 Å². The lowest BCUT2D eigenvalue weighted by Gasteiger charge is -2.02. The number of carbonyl (C=O) groups excluding carboxylic acids is 1. The van der Waals surface area contributed by atoms with Gasteiger partial charge in [0.25, 0.3) is 5.91 Å². The van der Waals surface area contributed by atoms with E-state index in [-0.39, 0.29) is 11.9 Å². The quantitative estimate of drug-likeness (QED) is 0.714. The molecule has 122 valence electrons. The summed E-state index contributed by atoms with van der Waals surface area (Å²) in [5, 5.41) is 12.4. The first-order valence-electron chi connectivity index (χ1n) is 7.51. The van der Waals surface area contributed by atoms with Gasteiger partial charge in [0.15, 0.2) is 0 Å². The Labute approximate surface area is 144 Å². The van der Waals surface area contributed by atoms with Crippen molar-refractivity contribution in [2.45, 2.75) is 20.3 Å². The largest absolute Gasteiger partial charge is 0.407 e. The predicted molar refractivity (Wildman–Crippen MR) is 95.0 cm³/mol. The molecule has 2 heterocycles. The average Bonchev–Trinajstić information content (AvgIpc) is 3.21. The van der Waals surface area contributed by atoms with Crippen molar-refractivity contribution in [3.05, 3.63) is 69.2 Å². The van der Waals surface area contributed by atoms with Crippen molar-refractivity contribution in [3.63, 3.8) is 0 Å².